The Labute approximate surface area is 123 Å². The maximum atomic E-state index is 12.9. The molecule has 1 aromatic heterocycles. The second-order valence-electron chi connectivity index (χ2n) is 4.49. The summed E-state index contributed by atoms with van der Waals surface area (Å²) >= 11 is 0. The molecule has 0 radical (unpaired) electrons. The predicted molar refractivity (Wildman–Crippen MR) is 77.2 cm³/mol. The van der Waals surface area contributed by atoms with E-state index in [1.807, 2.05) is 30.3 Å². The van der Waals surface area contributed by atoms with Crippen molar-refractivity contribution in [2.24, 2.45) is 0 Å². The van der Waals surface area contributed by atoms with Crippen LogP contribution in [0.15, 0.2) is 48.5 Å². The van der Waals surface area contributed by atoms with Crippen molar-refractivity contribution in [3.63, 3.8) is 0 Å². The standard InChI is InChI=1S/C16H17FN2O2/c17-15-9-4-8-14(19-15)16(20)18-10-5-11-21-12-13-6-2-1-3-7-13/h1-4,6-9H,5,10-12H2,(H,18,20). The molecule has 0 fully saturated rings. The van der Waals surface area contributed by atoms with Gasteiger partial charge in [-0.25, -0.2) is 4.98 Å². The maximum Gasteiger partial charge on any atom is 0.269 e. The van der Waals surface area contributed by atoms with E-state index in [9.17, 15) is 9.18 Å². The molecule has 5 heteroatoms. The van der Waals surface area contributed by atoms with Crippen LogP contribution in [0.25, 0.3) is 0 Å². The minimum absolute atomic E-state index is 0.0835. The number of nitrogens with zero attached hydrogens (tertiary/aromatic N) is 1. The molecule has 1 aromatic carbocycles. The van der Waals surface area contributed by atoms with Crippen molar-refractivity contribution in [1.82, 2.24) is 10.3 Å². The van der Waals surface area contributed by atoms with Crippen LogP contribution in [-0.4, -0.2) is 24.0 Å². The first-order valence-electron chi connectivity index (χ1n) is 6.78. The Morgan fingerprint density at radius 2 is 1.95 bits per heavy atom. The van der Waals surface area contributed by atoms with E-state index in [1.54, 1.807) is 0 Å². The number of ether oxygens (including phenoxy) is 1. The number of aromatic nitrogens is 1. The van der Waals surface area contributed by atoms with Gasteiger partial charge in [0.1, 0.15) is 5.69 Å². The number of hydrogen-bond donors (Lipinski definition) is 1. The molecule has 2 aromatic rings. The van der Waals surface area contributed by atoms with E-state index in [0.29, 0.717) is 26.2 Å². The first kappa shape index (κ1) is 15.1. The SMILES string of the molecule is O=C(NCCCOCc1ccccc1)c1cccc(F)n1. The zero-order chi connectivity index (χ0) is 14.9. The van der Waals surface area contributed by atoms with Crippen molar-refractivity contribution >= 4 is 5.91 Å². The Bertz CT molecular complexity index is 575. The van der Waals surface area contributed by atoms with E-state index in [4.69, 9.17) is 4.74 Å². The lowest BCUT2D eigenvalue weighted by Gasteiger charge is -2.06. The average Bonchev–Trinajstić information content (AvgIpc) is 2.51. The molecule has 0 unspecified atom stereocenters. The second kappa shape index (κ2) is 8.11. The Balaban J connectivity index is 1.60. The molecule has 1 amide bonds. The van der Waals surface area contributed by atoms with Crippen LogP contribution in [0.5, 0.6) is 0 Å². The van der Waals surface area contributed by atoms with Crippen LogP contribution in [0.1, 0.15) is 22.5 Å². The predicted octanol–water partition coefficient (Wildman–Crippen LogP) is 2.56. The summed E-state index contributed by atoms with van der Waals surface area (Å²) in [6.45, 7) is 1.57. The highest BCUT2D eigenvalue weighted by atomic mass is 19.1. The number of nitrogens with one attached hydrogen (secondary N) is 1. The average molecular weight is 288 g/mol. The van der Waals surface area contributed by atoms with Gasteiger partial charge in [0.05, 0.1) is 6.61 Å². The second-order valence-corrected chi connectivity index (χ2v) is 4.49. The van der Waals surface area contributed by atoms with Gasteiger partial charge in [-0.2, -0.15) is 4.39 Å². The Morgan fingerprint density at radius 1 is 1.14 bits per heavy atom. The minimum Gasteiger partial charge on any atom is -0.377 e. The highest BCUT2D eigenvalue weighted by Crippen LogP contribution is 2.01. The summed E-state index contributed by atoms with van der Waals surface area (Å²) in [6.07, 6.45) is 0.688. The fourth-order valence-corrected chi connectivity index (χ4v) is 1.77. The summed E-state index contributed by atoms with van der Waals surface area (Å²) in [5.41, 5.74) is 1.20. The van der Waals surface area contributed by atoms with Gasteiger partial charge >= 0.3 is 0 Å². The van der Waals surface area contributed by atoms with Gasteiger partial charge in [-0.15, -0.1) is 0 Å². The molecule has 1 heterocycles. The van der Waals surface area contributed by atoms with Crippen LogP contribution in [0, 0.1) is 5.95 Å². The molecule has 0 atom stereocenters. The Morgan fingerprint density at radius 3 is 2.71 bits per heavy atom. The van der Waals surface area contributed by atoms with Gasteiger partial charge in [0, 0.05) is 13.2 Å². The highest BCUT2D eigenvalue weighted by molar-refractivity contribution is 5.92. The zero-order valence-electron chi connectivity index (χ0n) is 11.6. The van der Waals surface area contributed by atoms with Gasteiger partial charge < -0.3 is 10.1 Å². The molecule has 21 heavy (non-hydrogen) atoms. The lowest BCUT2D eigenvalue weighted by atomic mass is 10.2. The summed E-state index contributed by atoms with van der Waals surface area (Å²) in [7, 11) is 0. The van der Waals surface area contributed by atoms with E-state index in [0.717, 1.165) is 5.56 Å². The molecule has 1 N–H and O–H groups in total. The van der Waals surface area contributed by atoms with Gasteiger partial charge in [-0.05, 0) is 24.1 Å². The first-order chi connectivity index (χ1) is 10.3. The smallest absolute Gasteiger partial charge is 0.269 e. The van der Waals surface area contributed by atoms with E-state index in [-0.39, 0.29) is 11.6 Å². The Kier molecular flexibility index (Phi) is 5.84. The fourth-order valence-electron chi connectivity index (χ4n) is 1.77. The number of pyridine rings is 1. The number of rotatable bonds is 7. The van der Waals surface area contributed by atoms with Crippen molar-refractivity contribution < 1.29 is 13.9 Å². The monoisotopic (exact) mass is 288 g/mol. The third-order valence-corrected chi connectivity index (χ3v) is 2.81. The molecule has 0 aliphatic carbocycles. The first-order valence-corrected chi connectivity index (χ1v) is 6.78. The topological polar surface area (TPSA) is 51.2 Å². The lowest BCUT2D eigenvalue weighted by Crippen LogP contribution is -2.26. The molecule has 110 valence electrons. The quantitative estimate of drug-likeness (QED) is 0.629. The van der Waals surface area contributed by atoms with Crippen LogP contribution in [0.3, 0.4) is 0 Å². The summed E-state index contributed by atoms with van der Waals surface area (Å²) in [5, 5.41) is 2.68. The zero-order valence-corrected chi connectivity index (χ0v) is 11.6. The lowest BCUT2D eigenvalue weighted by molar-refractivity contribution is 0.0928. The molecule has 0 aliphatic heterocycles. The maximum absolute atomic E-state index is 12.9. The summed E-state index contributed by atoms with van der Waals surface area (Å²) in [4.78, 5) is 15.2. The van der Waals surface area contributed by atoms with Gasteiger partial charge in [0.2, 0.25) is 5.95 Å². The van der Waals surface area contributed by atoms with Crippen LogP contribution in [-0.2, 0) is 11.3 Å². The molecule has 4 nitrogen and oxygen atoms in total. The van der Waals surface area contributed by atoms with E-state index in [2.05, 4.69) is 10.3 Å². The summed E-state index contributed by atoms with van der Waals surface area (Å²) in [5.74, 6) is -1.04. The van der Waals surface area contributed by atoms with Crippen molar-refractivity contribution in [3.05, 3.63) is 65.7 Å². The van der Waals surface area contributed by atoms with E-state index in [1.165, 1.54) is 18.2 Å². The molecule has 0 saturated heterocycles. The van der Waals surface area contributed by atoms with Gasteiger partial charge in [0.15, 0.2) is 0 Å². The molecule has 0 aliphatic rings. The third-order valence-electron chi connectivity index (χ3n) is 2.81. The molecule has 0 bridgehead atoms. The van der Waals surface area contributed by atoms with E-state index < -0.39 is 5.95 Å². The van der Waals surface area contributed by atoms with Crippen LogP contribution < -0.4 is 5.32 Å². The highest BCUT2D eigenvalue weighted by Gasteiger charge is 2.06. The van der Waals surface area contributed by atoms with Crippen LogP contribution in [0.4, 0.5) is 4.39 Å². The number of benzene rings is 1. The minimum atomic E-state index is -0.658. The van der Waals surface area contributed by atoms with Gasteiger partial charge in [-0.1, -0.05) is 36.4 Å². The van der Waals surface area contributed by atoms with Gasteiger partial charge in [-0.3, -0.25) is 4.79 Å². The van der Waals surface area contributed by atoms with Crippen LogP contribution in [0.2, 0.25) is 0 Å². The van der Waals surface area contributed by atoms with Gasteiger partial charge in [0.25, 0.3) is 5.91 Å². The number of amides is 1. The Hall–Kier alpha value is -2.27. The largest absolute Gasteiger partial charge is 0.377 e. The van der Waals surface area contributed by atoms with Crippen molar-refractivity contribution in [1.29, 1.82) is 0 Å². The van der Waals surface area contributed by atoms with Crippen molar-refractivity contribution in [2.75, 3.05) is 13.2 Å². The number of carbonyl (C=O) groups is 1. The third kappa shape index (κ3) is 5.31. The molecule has 0 saturated carbocycles. The normalized spacial score (nSPS) is 10.3. The molecule has 2 rings (SSSR count). The summed E-state index contributed by atoms with van der Waals surface area (Å²) in [6, 6.07) is 14.0. The van der Waals surface area contributed by atoms with E-state index >= 15 is 0 Å². The van der Waals surface area contributed by atoms with Crippen LogP contribution >= 0.6 is 0 Å². The van der Waals surface area contributed by atoms with Crippen molar-refractivity contribution in [3.8, 4) is 0 Å². The number of halogens is 1. The molecular weight excluding hydrogens is 271 g/mol. The summed E-state index contributed by atoms with van der Waals surface area (Å²) < 4.78 is 18.4. The number of carbonyl (C=O) groups excluding carboxylic acids is 1. The molecular formula is C16H17FN2O2. The van der Waals surface area contributed by atoms with Crippen molar-refractivity contribution in [2.45, 2.75) is 13.0 Å². The molecule has 0 spiro atoms. The number of hydrogen-bond acceptors (Lipinski definition) is 3. The fraction of sp³-hybridized carbons (Fsp3) is 0.250.